The molecule has 0 bridgehead atoms. The lowest BCUT2D eigenvalue weighted by molar-refractivity contribution is -0.229. The fourth-order valence-electron chi connectivity index (χ4n) is 0.350. The Hall–Kier alpha value is -0.730. The van der Waals surface area contributed by atoms with E-state index in [4.69, 9.17) is 5.26 Å². The van der Waals surface area contributed by atoms with Gasteiger partial charge < -0.3 is 0 Å². The molecule has 0 aromatic rings. The molecule has 0 aliphatic heterocycles. The predicted octanol–water partition coefficient (Wildman–Crippen LogP) is 0.973. The number of allylic oxidation sites excluding steroid dienone is 1. The summed E-state index contributed by atoms with van der Waals surface area (Å²) >= 11 is 0. The zero-order valence-corrected chi connectivity index (χ0v) is 6.46. The molecule has 0 aromatic carbocycles. The van der Waals surface area contributed by atoms with Gasteiger partial charge in [-0.1, -0.05) is 4.57 Å². The van der Waals surface area contributed by atoms with E-state index < -0.39 is 14.4 Å². The number of hydrogen-bond donors (Lipinski definition) is 1. The van der Waals surface area contributed by atoms with Crippen LogP contribution in [0.4, 0.5) is 0 Å². The summed E-state index contributed by atoms with van der Waals surface area (Å²) in [7, 11) is -0.471. The smallest absolute Gasteiger partial charge is 0.296 e. The second-order valence-corrected chi connectivity index (χ2v) is 2.31. The summed E-state index contributed by atoms with van der Waals surface area (Å²) in [5, 5.41) is 7.84. The van der Waals surface area contributed by atoms with E-state index in [-0.39, 0.29) is 5.57 Å². The van der Waals surface area contributed by atoms with Gasteiger partial charge in [0.15, 0.2) is 6.16 Å². The lowest BCUT2D eigenvalue weighted by atomic mass is 10.3. The summed E-state index contributed by atoms with van der Waals surface area (Å²) in [4.78, 5) is 13.8. The monoisotopic (exact) mass is 163 g/mol. The SMILES string of the molecule is CC(=CC[PH+]=O)C(=O)OO. The van der Waals surface area contributed by atoms with Gasteiger partial charge in [-0.25, -0.2) is 4.79 Å². The highest BCUT2D eigenvalue weighted by Gasteiger charge is 2.04. The third-order valence-electron chi connectivity index (χ3n) is 0.896. The first kappa shape index (κ1) is 9.27. The maximum atomic E-state index is 10.4. The second kappa shape index (κ2) is 5.09. The average Bonchev–Trinajstić information content (AvgIpc) is 1.98. The summed E-state index contributed by atoms with van der Waals surface area (Å²) < 4.78 is 9.91. The minimum absolute atomic E-state index is 0.255. The van der Waals surface area contributed by atoms with Crippen LogP contribution >= 0.6 is 8.46 Å². The van der Waals surface area contributed by atoms with Crippen molar-refractivity contribution in [2.75, 3.05) is 6.16 Å². The predicted molar refractivity (Wildman–Crippen MR) is 36.3 cm³/mol. The van der Waals surface area contributed by atoms with Crippen molar-refractivity contribution < 1.29 is 19.5 Å². The fourth-order valence-corrected chi connectivity index (χ4v) is 0.740. The van der Waals surface area contributed by atoms with E-state index >= 15 is 0 Å². The Bertz CT molecular complexity index is 163. The summed E-state index contributed by atoms with van der Waals surface area (Å²) in [5.74, 6) is -0.807. The molecule has 1 N–H and O–H groups in total. The molecule has 0 saturated heterocycles. The molecule has 0 aliphatic carbocycles. The van der Waals surface area contributed by atoms with Crippen molar-refractivity contribution in [1.29, 1.82) is 0 Å². The van der Waals surface area contributed by atoms with Crippen LogP contribution in [0.5, 0.6) is 0 Å². The molecule has 0 amide bonds. The van der Waals surface area contributed by atoms with Crippen molar-refractivity contribution in [1.82, 2.24) is 0 Å². The molecular weight excluding hydrogens is 155 g/mol. The van der Waals surface area contributed by atoms with Gasteiger partial charge in [-0.3, -0.25) is 4.89 Å². The molecule has 0 saturated carbocycles. The van der Waals surface area contributed by atoms with Crippen molar-refractivity contribution in [2.24, 2.45) is 0 Å². The van der Waals surface area contributed by atoms with Gasteiger partial charge in [0.2, 0.25) is 0 Å². The van der Waals surface area contributed by atoms with E-state index in [9.17, 15) is 9.36 Å². The quantitative estimate of drug-likeness (QED) is 0.291. The minimum atomic E-state index is -0.807. The Morgan fingerprint density at radius 1 is 1.80 bits per heavy atom. The van der Waals surface area contributed by atoms with Crippen LogP contribution in [0.15, 0.2) is 11.6 Å². The largest absolute Gasteiger partial charge is 0.368 e. The molecule has 0 fully saturated rings. The maximum Gasteiger partial charge on any atom is 0.368 e. The van der Waals surface area contributed by atoms with Crippen LogP contribution in [0.1, 0.15) is 6.92 Å². The van der Waals surface area contributed by atoms with E-state index in [1.807, 2.05) is 0 Å². The number of rotatable bonds is 3. The third-order valence-corrected chi connectivity index (χ3v) is 1.27. The highest BCUT2D eigenvalue weighted by molar-refractivity contribution is 7.23. The van der Waals surface area contributed by atoms with Crippen LogP contribution in [0.25, 0.3) is 0 Å². The minimum Gasteiger partial charge on any atom is -0.296 e. The Morgan fingerprint density at radius 3 is 2.80 bits per heavy atom. The molecule has 5 heteroatoms. The highest BCUT2D eigenvalue weighted by atomic mass is 31.1. The highest BCUT2D eigenvalue weighted by Crippen LogP contribution is 1.99. The Morgan fingerprint density at radius 2 is 2.40 bits per heavy atom. The van der Waals surface area contributed by atoms with E-state index in [1.165, 1.54) is 13.0 Å². The average molecular weight is 163 g/mol. The van der Waals surface area contributed by atoms with Gasteiger partial charge in [-0.2, -0.15) is 5.26 Å². The van der Waals surface area contributed by atoms with Crippen LogP contribution in [0.3, 0.4) is 0 Å². The van der Waals surface area contributed by atoms with Crippen LogP contribution in [-0.4, -0.2) is 17.4 Å². The lowest BCUT2D eigenvalue weighted by Crippen LogP contribution is -2.01. The van der Waals surface area contributed by atoms with Crippen molar-refractivity contribution in [3.63, 3.8) is 0 Å². The Labute approximate surface area is 59.6 Å². The first-order chi connectivity index (χ1) is 4.72. The van der Waals surface area contributed by atoms with Crippen molar-refractivity contribution in [3.05, 3.63) is 11.6 Å². The molecular formula is C5H8O4P+. The van der Waals surface area contributed by atoms with E-state index in [0.717, 1.165) is 0 Å². The normalized spacial score (nSPS) is 11.6. The third kappa shape index (κ3) is 3.33. The molecule has 10 heavy (non-hydrogen) atoms. The summed E-state index contributed by atoms with van der Waals surface area (Å²) in [5.41, 5.74) is 0.255. The maximum absolute atomic E-state index is 10.4. The second-order valence-electron chi connectivity index (χ2n) is 1.61. The molecule has 4 nitrogen and oxygen atoms in total. The molecule has 0 aliphatic rings. The first-order valence-corrected chi connectivity index (χ1v) is 3.71. The Balaban J connectivity index is 3.91. The van der Waals surface area contributed by atoms with Crippen LogP contribution in [-0.2, 0) is 14.2 Å². The molecule has 0 heterocycles. The van der Waals surface area contributed by atoms with Gasteiger partial charge in [-0.05, 0) is 13.0 Å². The zero-order valence-electron chi connectivity index (χ0n) is 5.46. The van der Waals surface area contributed by atoms with Gasteiger partial charge in [0.1, 0.15) is 0 Å². The van der Waals surface area contributed by atoms with Crippen molar-refractivity contribution in [2.45, 2.75) is 6.92 Å². The van der Waals surface area contributed by atoms with Gasteiger partial charge >= 0.3 is 14.4 Å². The summed E-state index contributed by atoms with van der Waals surface area (Å²) in [6.07, 6.45) is 1.74. The summed E-state index contributed by atoms with van der Waals surface area (Å²) in [6.45, 7) is 1.47. The molecule has 0 radical (unpaired) electrons. The van der Waals surface area contributed by atoms with Gasteiger partial charge in [0, 0.05) is 5.57 Å². The van der Waals surface area contributed by atoms with E-state index in [2.05, 4.69) is 4.89 Å². The molecule has 1 unspecified atom stereocenters. The number of carbonyl (C=O) groups excluding carboxylic acids is 1. The number of carbonyl (C=O) groups is 1. The van der Waals surface area contributed by atoms with E-state index in [1.54, 1.807) is 0 Å². The van der Waals surface area contributed by atoms with Crippen LogP contribution in [0, 0.1) is 0 Å². The zero-order chi connectivity index (χ0) is 7.98. The molecule has 0 aromatic heterocycles. The summed E-state index contributed by atoms with van der Waals surface area (Å²) in [6, 6.07) is 0. The van der Waals surface area contributed by atoms with Crippen molar-refractivity contribution >= 4 is 14.4 Å². The molecule has 0 spiro atoms. The van der Waals surface area contributed by atoms with Crippen molar-refractivity contribution in [3.8, 4) is 0 Å². The standard InChI is InChI=1S/C5H7O4P/c1-4(2-3-10-8)5(6)9-7/h2,7H,3H2,1H3/p+1. The fraction of sp³-hybridized carbons (Fsp3) is 0.400. The van der Waals surface area contributed by atoms with Gasteiger partial charge in [0.05, 0.1) is 0 Å². The van der Waals surface area contributed by atoms with Crippen LogP contribution < -0.4 is 0 Å². The van der Waals surface area contributed by atoms with Gasteiger partial charge in [0.25, 0.3) is 0 Å². The van der Waals surface area contributed by atoms with E-state index in [0.29, 0.717) is 6.16 Å². The number of hydrogen-bond acceptors (Lipinski definition) is 4. The molecule has 56 valence electrons. The first-order valence-electron chi connectivity index (χ1n) is 2.60. The lowest BCUT2D eigenvalue weighted by Gasteiger charge is -1.90. The van der Waals surface area contributed by atoms with Crippen LogP contribution in [0.2, 0.25) is 0 Å². The topological polar surface area (TPSA) is 63.6 Å². The molecule has 0 rings (SSSR count). The Kier molecular flexibility index (Phi) is 4.72. The molecule has 1 atom stereocenters. The van der Waals surface area contributed by atoms with Gasteiger partial charge in [-0.15, -0.1) is 0 Å².